The third-order valence-electron chi connectivity index (χ3n) is 3.08. The van der Waals surface area contributed by atoms with E-state index in [1.165, 1.54) is 11.3 Å². The molecule has 0 amide bonds. The zero-order valence-corrected chi connectivity index (χ0v) is 9.25. The quantitative estimate of drug-likeness (QED) is 0.703. The first kappa shape index (κ1) is 9.28. The molecule has 0 saturated carbocycles. The molecule has 0 aromatic heterocycles. The van der Waals surface area contributed by atoms with Gasteiger partial charge in [-0.25, -0.2) is 0 Å². The second kappa shape index (κ2) is 3.56. The van der Waals surface area contributed by atoms with Crippen molar-refractivity contribution in [2.45, 2.75) is 6.17 Å². The van der Waals surface area contributed by atoms with Crippen LogP contribution in [0.2, 0.25) is 0 Å². The Morgan fingerprint density at radius 3 is 2.62 bits per heavy atom. The summed E-state index contributed by atoms with van der Waals surface area (Å²) < 4.78 is 0. The molecule has 2 heterocycles. The van der Waals surface area contributed by atoms with Crippen molar-refractivity contribution in [1.29, 1.82) is 0 Å². The van der Waals surface area contributed by atoms with Crippen LogP contribution in [0.4, 0.5) is 0 Å². The van der Waals surface area contributed by atoms with E-state index in [1.807, 2.05) is 6.07 Å². The second-order valence-electron chi connectivity index (χ2n) is 4.08. The summed E-state index contributed by atoms with van der Waals surface area (Å²) >= 11 is 0. The first-order valence-electron chi connectivity index (χ1n) is 5.49. The predicted octanol–water partition coefficient (Wildman–Crippen LogP) is 2.64. The fourth-order valence-corrected chi connectivity index (χ4v) is 2.21. The Kier molecular flexibility index (Phi) is 2.07. The minimum absolute atomic E-state index is 0.334. The number of hydrogen-bond acceptors (Lipinski definition) is 2. The maximum atomic E-state index is 2.29. The lowest BCUT2D eigenvalue weighted by molar-refractivity contribution is 0.284. The van der Waals surface area contributed by atoms with Gasteiger partial charge in [0.15, 0.2) is 0 Å². The monoisotopic (exact) mass is 210 g/mol. The van der Waals surface area contributed by atoms with E-state index in [1.54, 1.807) is 0 Å². The average Bonchev–Trinajstić information content (AvgIpc) is 2.69. The lowest BCUT2D eigenvalue weighted by Gasteiger charge is -2.28. The Morgan fingerprint density at radius 2 is 1.88 bits per heavy atom. The Balaban J connectivity index is 1.98. The lowest BCUT2D eigenvalue weighted by Crippen LogP contribution is -2.33. The SMILES string of the molecule is CN1C(c2ccccc2)=CN2C=CC=CC21. The van der Waals surface area contributed by atoms with Crippen molar-refractivity contribution in [2.24, 2.45) is 0 Å². The van der Waals surface area contributed by atoms with Gasteiger partial charge in [-0.05, 0) is 17.7 Å². The molecular formula is C14H14N2. The van der Waals surface area contributed by atoms with E-state index in [2.05, 4.69) is 71.7 Å². The van der Waals surface area contributed by atoms with Crippen LogP contribution in [0.25, 0.3) is 5.70 Å². The summed E-state index contributed by atoms with van der Waals surface area (Å²) in [5.74, 6) is 0. The third kappa shape index (κ3) is 1.34. The Bertz CT molecular complexity index is 471. The van der Waals surface area contributed by atoms with Gasteiger partial charge in [0.1, 0.15) is 6.17 Å². The molecule has 0 saturated heterocycles. The third-order valence-corrected chi connectivity index (χ3v) is 3.08. The lowest BCUT2D eigenvalue weighted by atomic mass is 10.1. The number of fused-ring (bicyclic) bond motifs is 1. The molecular weight excluding hydrogens is 196 g/mol. The number of benzene rings is 1. The highest BCUT2D eigenvalue weighted by atomic mass is 15.4. The number of hydrogen-bond donors (Lipinski definition) is 0. The molecule has 0 aliphatic carbocycles. The summed E-state index contributed by atoms with van der Waals surface area (Å²) in [6, 6.07) is 10.5. The highest BCUT2D eigenvalue weighted by molar-refractivity contribution is 5.66. The van der Waals surface area contributed by atoms with Crippen molar-refractivity contribution in [2.75, 3.05) is 7.05 Å². The van der Waals surface area contributed by atoms with E-state index in [0.717, 1.165) is 0 Å². The van der Waals surface area contributed by atoms with Crippen LogP contribution < -0.4 is 0 Å². The number of likely N-dealkylation sites (N-methyl/N-ethyl adjacent to an activating group) is 1. The van der Waals surface area contributed by atoms with E-state index in [-0.39, 0.29) is 0 Å². The Labute approximate surface area is 95.8 Å². The van der Waals surface area contributed by atoms with Crippen molar-refractivity contribution in [3.05, 3.63) is 66.5 Å². The molecule has 2 heteroatoms. The van der Waals surface area contributed by atoms with Crippen LogP contribution in [0.5, 0.6) is 0 Å². The van der Waals surface area contributed by atoms with Crippen molar-refractivity contribution in [3.63, 3.8) is 0 Å². The van der Waals surface area contributed by atoms with Gasteiger partial charge in [0, 0.05) is 19.4 Å². The fraction of sp³-hybridized carbons (Fsp3) is 0.143. The van der Waals surface area contributed by atoms with Crippen molar-refractivity contribution < 1.29 is 0 Å². The molecule has 2 nitrogen and oxygen atoms in total. The maximum absolute atomic E-state index is 2.29. The van der Waals surface area contributed by atoms with Gasteiger partial charge in [-0.15, -0.1) is 0 Å². The number of nitrogens with zero attached hydrogens (tertiary/aromatic N) is 2. The van der Waals surface area contributed by atoms with Gasteiger partial charge in [-0.1, -0.05) is 36.4 Å². The van der Waals surface area contributed by atoms with E-state index in [4.69, 9.17) is 0 Å². The van der Waals surface area contributed by atoms with E-state index in [9.17, 15) is 0 Å². The molecule has 0 bridgehead atoms. The van der Waals surface area contributed by atoms with Crippen LogP contribution in [0.3, 0.4) is 0 Å². The summed E-state index contributed by atoms with van der Waals surface area (Å²) in [6.07, 6.45) is 11.0. The summed E-state index contributed by atoms with van der Waals surface area (Å²) in [5.41, 5.74) is 2.53. The van der Waals surface area contributed by atoms with Crippen LogP contribution >= 0.6 is 0 Å². The molecule has 0 spiro atoms. The van der Waals surface area contributed by atoms with Gasteiger partial charge in [-0.2, -0.15) is 0 Å². The summed E-state index contributed by atoms with van der Waals surface area (Å²) in [7, 11) is 2.13. The zero-order valence-electron chi connectivity index (χ0n) is 9.25. The molecule has 0 fully saturated rings. The molecule has 3 rings (SSSR count). The number of allylic oxidation sites excluding steroid dienone is 2. The molecule has 80 valence electrons. The zero-order chi connectivity index (χ0) is 11.0. The van der Waals surface area contributed by atoms with Gasteiger partial charge in [0.05, 0.1) is 5.70 Å². The highest BCUT2D eigenvalue weighted by Gasteiger charge is 2.27. The summed E-state index contributed by atoms with van der Waals surface area (Å²) in [4.78, 5) is 4.51. The van der Waals surface area contributed by atoms with Crippen molar-refractivity contribution in [3.8, 4) is 0 Å². The first-order chi connectivity index (χ1) is 7.86. The van der Waals surface area contributed by atoms with Crippen LogP contribution in [0, 0.1) is 0 Å². The second-order valence-corrected chi connectivity index (χ2v) is 4.08. The average molecular weight is 210 g/mol. The molecule has 2 aliphatic rings. The molecule has 1 aromatic rings. The predicted molar refractivity (Wildman–Crippen MR) is 66.1 cm³/mol. The van der Waals surface area contributed by atoms with Crippen molar-refractivity contribution in [1.82, 2.24) is 9.80 Å². The Morgan fingerprint density at radius 1 is 1.06 bits per heavy atom. The molecule has 1 unspecified atom stereocenters. The van der Waals surface area contributed by atoms with Crippen LogP contribution in [-0.2, 0) is 0 Å². The summed E-state index contributed by atoms with van der Waals surface area (Å²) in [6.45, 7) is 0. The molecule has 1 atom stereocenters. The number of rotatable bonds is 1. The standard InChI is InChI=1S/C14H14N2/c1-15-13(12-7-3-2-4-8-12)11-16-10-6-5-9-14(15)16/h2-11,14H,1H3. The molecule has 0 radical (unpaired) electrons. The fourth-order valence-electron chi connectivity index (χ4n) is 2.21. The largest absolute Gasteiger partial charge is 0.349 e. The molecule has 1 aromatic carbocycles. The van der Waals surface area contributed by atoms with Gasteiger partial charge >= 0.3 is 0 Å². The van der Waals surface area contributed by atoms with Gasteiger partial charge in [0.25, 0.3) is 0 Å². The minimum atomic E-state index is 0.334. The van der Waals surface area contributed by atoms with Crippen LogP contribution in [-0.4, -0.2) is 23.0 Å². The van der Waals surface area contributed by atoms with Crippen LogP contribution in [0.1, 0.15) is 5.56 Å². The van der Waals surface area contributed by atoms with Gasteiger partial charge in [0.2, 0.25) is 0 Å². The highest BCUT2D eigenvalue weighted by Crippen LogP contribution is 2.30. The van der Waals surface area contributed by atoms with E-state index < -0.39 is 0 Å². The van der Waals surface area contributed by atoms with Gasteiger partial charge < -0.3 is 9.80 Å². The minimum Gasteiger partial charge on any atom is -0.349 e. The van der Waals surface area contributed by atoms with E-state index in [0.29, 0.717) is 6.17 Å². The summed E-state index contributed by atoms with van der Waals surface area (Å²) in [5, 5.41) is 0. The Hall–Kier alpha value is -1.96. The molecule has 0 N–H and O–H groups in total. The van der Waals surface area contributed by atoms with Crippen LogP contribution in [0.15, 0.2) is 61.0 Å². The normalized spacial score (nSPS) is 22.3. The maximum Gasteiger partial charge on any atom is 0.124 e. The van der Waals surface area contributed by atoms with Gasteiger partial charge in [-0.3, -0.25) is 0 Å². The first-order valence-corrected chi connectivity index (χ1v) is 5.49. The van der Waals surface area contributed by atoms with E-state index >= 15 is 0 Å². The smallest absolute Gasteiger partial charge is 0.124 e. The van der Waals surface area contributed by atoms with Crippen molar-refractivity contribution >= 4 is 5.70 Å². The molecule has 2 aliphatic heterocycles. The topological polar surface area (TPSA) is 6.48 Å². The molecule has 16 heavy (non-hydrogen) atoms.